The molecule has 1 amide bonds. The molecular weight excluding hydrogens is 359 g/mol. The molecule has 8 heteroatoms. The average molecular weight is 373 g/mol. The van der Waals surface area contributed by atoms with Crippen LogP contribution < -0.4 is 10.1 Å². The molecule has 3 rings (SSSR count). The molecule has 0 saturated carbocycles. The number of aromatic nitrogens is 2. The molecule has 0 bridgehead atoms. The van der Waals surface area contributed by atoms with E-state index in [1.165, 1.54) is 12.1 Å². The van der Waals surface area contributed by atoms with Crippen molar-refractivity contribution in [1.82, 2.24) is 15.3 Å². The van der Waals surface area contributed by atoms with E-state index >= 15 is 0 Å². The molecule has 138 valence electrons. The van der Waals surface area contributed by atoms with Gasteiger partial charge in [0, 0.05) is 48.0 Å². The number of rotatable bonds is 5. The minimum absolute atomic E-state index is 0.0631. The molecule has 0 aliphatic rings. The molecule has 0 radical (unpaired) electrons. The summed E-state index contributed by atoms with van der Waals surface area (Å²) in [6.07, 6.45) is 1.83. The maximum absolute atomic E-state index is 12.3. The molecule has 1 aromatic carbocycles. The summed E-state index contributed by atoms with van der Waals surface area (Å²) in [6.45, 7) is 0.171. The zero-order valence-corrected chi connectivity index (χ0v) is 13.9. The predicted octanol–water partition coefficient (Wildman–Crippen LogP) is 3.97. The molecule has 0 aliphatic heterocycles. The van der Waals surface area contributed by atoms with E-state index in [1.54, 1.807) is 30.9 Å². The number of carbonyl (C=O) groups excluding carboxylic acids is 1. The highest BCUT2D eigenvalue weighted by molar-refractivity contribution is 5.94. The van der Waals surface area contributed by atoms with E-state index in [0.717, 1.165) is 28.8 Å². The van der Waals surface area contributed by atoms with Crippen molar-refractivity contribution >= 4 is 5.91 Å². The van der Waals surface area contributed by atoms with Crippen molar-refractivity contribution in [1.29, 1.82) is 0 Å². The number of carbonyl (C=O) groups is 1. The lowest BCUT2D eigenvalue weighted by Gasteiger charge is -2.10. The Kier molecular flexibility index (Phi) is 5.35. The van der Waals surface area contributed by atoms with Crippen LogP contribution >= 0.6 is 0 Å². The highest BCUT2D eigenvalue weighted by Crippen LogP contribution is 2.23. The molecule has 2 aromatic heterocycles. The molecule has 0 saturated heterocycles. The molecule has 27 heavy (non-hydrogen) atoms. The molecule has 0 unspecified atom stereocenters. The fourth-order valence-electron chi connectivity index (χ4n) is 2.39. The predicted molar refractivity (Wildman–Crippen MR) is 91.8 cm³/mol. The minimum atomic E-state index is -4.81. The maximum Gasteiger partial charge on any atom is 0.573 e. The maximum atomic E-state index is 12.3. The van der Waals surface area contributed by atoms with Gasteiger partial charge in [0.2, 0.25) is 0 Å². The van der Waals surface area contributed by atoms with Crippen LogP contribution in [0.5, 0.6) is 5.75 Å². The quantitative estimate of drug-likeness (QED) is 0.735. The Balaban J connectivity index is 1.67. The fraction of sp³-hybridized carbons (Fsp3) is 0.105. The summed E-state index contributed by atoms with van der Waals surface area (Å²) in [5.41, 5.74) is 2.53. The zero-order valence-electron chi connectivity index (χ0n) is 13.9. The number of hydrogen-bond acceptors (Lipinski definition) is 4. The number of nitrogens with one attached hydrogen (secondary N) is 1. The molecule has 0 aliphatic carbocycles. The SMILES string of the molecule is O=C(NCc1cncc(-c2cccnc2)c1)c1cccc(OC(F)(F)F)c1. The van der Waals surface area contributed by atoms with E-state index in [2.05, 4.69) is 20.0 Å². The number of nitrogens with zero attached hydrogens (tertiary/aromatic N) is 2. The normalized spacial score (nSPS) is 11.1. The number of halogens is 3. The Morgan fingerprint density at radius 2 is 1.81 bits per heavy atom. The third kappa shape index (κ3) is 5.27. The molecule has 0 spiro atoms. The molecule has 1 N–H and O–H groups in total. The summed E-state index contributed by atoms with van der Waals surface area (Å²) < 4.78 is 40.7. The van der Waals surface area contributed by atoms with Crippen LogP contribution in [-0.4, -0.2) is 22.2 Å². The summed E-state index contributed by atoms with van der Waals surface area (Å²) in [6, 6.07) is 10.4. The molecule has 0 atom stereocenters. The fourth-order valence-corrected chi connectivity index (χ4v) is 2.39. The molecule has 3 aromatic rings. The van der Waals surface area contributed by atoms with Gasteiger partial charge in [-0.25, -0.2) is 0 Å². The van der Waals surface area contributed by atoms with E-state index in [4.69, 9.17) is 0 Å². The Hall–Kier alpha value is -3.42. The number of benzene rings is 1. The van der Waals surface area contributed by atoms with Gasteiger partial charge in [0.1, 0.15) is 5.75 Å². The number of pyridine rings is 2. The van der Waals surface area contributed by atoms with Crippen LogP contribution in [0.1, 0.15) is 15.9 Å². The van der Waals surface area contributed by atoms with Crippen LogP contribution in [-0.2, 0) is 6.54 Å². The highest BCUT2D eigenvalue weighted by atomic mass is 19.4. The van der Waals surface area contributed by atoms with Crippen molar-refractivity contribution in [3.05, 3.63) is 78.4 Å². The van der Waals surface area contributed by atoms with Crippen molar-refractivity contribution < 1.29 is 22.7 Å². The largest absolute Gasteiger partial charge is 0.573 e. The average Bonchev–Trinajstić information content (AvgIpc) is 2.66. The first-order valence-corrected chi connectivity index (χ1v) is 7.89. The standard InChI is InChI=1S/C19H14F3N3O2/c20-19(21,22)27-17-5-1-3-14(8-17)18(26)25-10-13-7-16(12-24-9-13)15-4-2-6-23-11-15/h1-9,11-12H,10H2,(H,25,26). The van der Waals surface area contributed by atoms with Gasteiger partial charge < -0.3 is 10.1 Å². The van der Waals surface area contributed by atoms with E-state index in [0.29, 0.717) is 0 Å². The molecule has 2 heterocycles. The van der Waals surface area contributed by atoms with Gasteiger partial charge in [-0.15, -0.1) is 13.2 Å². The number of alkyl halides is 3. The number of amides is 1. The topological polar surface area (TPSA) is 64.1 Å². The third-order valence-corrected chi connectivity index (χ3v) is 3.57. The Morgan fingerprint density at radius 1 is 1.00 bits per heavy atom. The lowest BCUT2D eigenvalue weighted by atomic mass is 10.1. The van der Waals surface area contributed by atoms with Crippen molar-refractivity contribution in [2.75, 3.05) is 0 Å². The zero-order chi connectivity index (χ0) is 19.3. The van der Waals surface area contributed by atoms with Gasteiger partial charge in [0.25, 0.3) is 5.91 Å². The summed E-state index contributed by atoms with van der Waals surface area (Å²) >= 11 is 0. The summed E-state index contributed by atoms with van der Waals surface area (Å²) in [4.78, 5) is 20.4. The third-order valence-electron chi connectivity index (χ3n) is 3.57. The van der Waals surface area contributed by atoms with Crippen molar-refractivity contribution in [2.45, 2.75) is 12.9 Å². The van der Waals surface area contributed by atoms with Gasteiger partial charge in [-0.2, -0.15) is 0 Å². The Morgan fingerprint density at radius 3 is 2.56 bits per heavy atom. The van der Waals surface area contributed by atoms with E-state index in [1.807, 2.05) is 12.1 Å². The van der Waals surface area contributed by atoms with E-state index in [-0.39, 0.29) is 12.1 Å². The van der Waals surface area contributed by atoms with Crippen LogP contribution in [0, 0.1) is 0 Å². The molecule has 0 fully saturated rings. The Bertz CT molecular complexity index is 931. The van der Waals surface area contributed by atoms with Gasteiger partial charge in [0.15, 0.2) is 0 Å². The number of ether oxygens (including phenoxy) is 1. The monoisotopic (exact) mass is 373 g/mol. The minimum Gasteiger partial charge on any atom is -0.406 e. The van der Waals surface area contributed by atoms with Crippen molar-refractivity contribution in [2.24, 2.45) is 0 Å². The smallest absolute Gasteiger partial charge is 0.406 e. The second-order valence-electron chi connectivity index (χ2n) is 5.58. The first-order chi connectivity index (χ1) is 12.9. The Labute approximate surface area is 152 Å². The number of hydrogen-bond donors (Lipinski definition) is 1. The lowest BCUT2D eigenvalue weighted by molar-refractivity contribution is -0.274. The van der Waals surface area contributed by atoms with Crippen LogP contribution in [0.4, 0.5) is 13.2 Å². The van der Waals surface area contributed by atoms with E-state index < -0.39 is 18.0 Å². The van der Waals surface area contributed by atoms with Gasteiger partial charge >= 0.3 is 6.36 Å². The second-order valence-corrected chi connectivity index (χ2v) is 5.58. The van der Waals surface area contributed by atoms with Gasteiger partial charge in [-0.05, 0) is 35.9 Å². The van der Waals surface area contributed by atoms with Crippen LogP contribution in [0.3, 0.4) is 0 Å². The second kappa shape index (κ2) is 7.86. The van der Waals surface area contributed by atoms with Gasteiger partial charge in [-0.3, -0.25) is 14.8 Å². The van der Waals surface area contributed by atoms with Gasteiger partial charge in [-0.1, -0.05) is 12.1 Å². The lowest BCUT2D eigenvalue weighted by Crippen LogP contribution is -2.23. The van der Waals surface area contributed by atoms with Crippen LogP contribution in [0.25, 0.3) is 11.1 Å². The summed E-state index contributed by atoms with van der Waals surface area (Å²) in [7, 11) is 0. The summed E-state index contributed by atoms with van der Waals surface area (Å²) in [5.74, 6) is -0.968. The molecule has 5 nitrogen and oxygen atoms in total. The first-order valence-electron chi connectivity index (χ1n) is 7.89. The van der Waals surface area contributed by atoms with Crippen molar-refractivity contribution in [3.8, 4) is 16.9 Å². The van der Waals surface area contributed by atoms with Crippen LogP contribution in [0.2, 0.25) is 0 Å². The first kappa shape index (κ1) is 18.4. The highest BCUT2D eigenvalue weighted by Gasteiger charge is 2.31. The van der Waals surface area contributed by atoms with Crippen molar-refractivity contribution in [3.63, 3.8) is 0 Å². The van der Waals surface area contributed by atoms with Crippen LogP contribution in [0.15, 0.2) is 67.3 Å². The molecular formula is C19H14F3N3O2. The van der Waals surface area contributed by atoms with Gasteiger partial charge in [0.05, 0.1) is 0 Å². The summed E-state index contributed by atoms with van der Waals surface area (Å²) in [5, 5.41) is 2.65. The van der Waals surface area contributed by atoms with E-state index in [9.17, 15) is 18.0 Å².